The number of rotatable bonds is 4. The molecule has 1 aromatic rings. The smallest absolute Gasteiger partial charge is 0.328 e. The van der Waals surface area contributed by atoms with Crippen LogP contribution < -0.4 is 15.4 Å². The van der Waals surface area contributed by atoms with Gasteiger partial charge in [0.2, 0.25) is 0 Å². The van der Waals surface area contributed by atoms with Gasteiger partial charge < -0.3 is 4.74 Å². The van der Waals surface area contributed by atoms with Crippen LogP contribution in [0.4, 0.5) is 4.79 Å². The van der Waals surface area contributed by atoms with Gasteiger partial charge in [0, 0.05) is 10.0 Å². The Morgan fingerprint density at radius 2 is 1.86 bits per heavy atom. The predicted molar refractivity (Wildman–Crippen MR) is 79.6 cm³/mol. The third-order valence-corrected chi connectivity index (χ3v) is 3.17. The molecule has 2 rings (SSSR count). The standard InChI is InChI=1S/C14H13BrN2O4/c1-2-5-21-11-4-3-9(15)6-8(11)7-10-12(18)16-14(20)17-13(10)19/h3-4,6-7H,2,5H2,1H3,(H2,16,17,18,19,20). The van der Waals surface area contributed by atoms with Crippen molar-refractivity contribution in [3.8, 4) is 5.75 Å². The lowest BCUT2D eigenvalue weighted by molar-refractivity contribution is -0.123. The first kappa shape index (κ1) is 15.2. The number of nitrogens with one attached hydrogen (secondary N) is 2. The van der Waals surface area contributed by atoms with Crippen LogP contribution in [-0.2, 0) is 9.59 Å². The largest absolute Gasteiger partial charge is 0.493 e. The molecule has 0 saturated carbocycles. The van der Waals surface area contributed by atoms with E-state index in [1.807, 2.05) is 17.6 Å². The van der Waals surface area contributed by atoms with Crippen molar-refractivity contribution in [2.75, 3.05) is 6.61 Å². The van der Waals surface area contributed by atoms with Crippen molar-refractivity contribution in [2.45, 2.75) is 13.3 Å². The second kappa shape index (κ2) is 6.53. The van der Waals surface area contributed by atoms with E-state index in [0.29, 0.717) is 17.9 Å². The zero-order valence-electron chi connectivity index (χ0n) is 11.2. The lowest BCUT2D eigenvalue weighted by Gasteiger charge is -2.15. The van der Waals surface area contributed by atoms with Crippen molar-refractivity contribution in [1.29, 1.82) is 0 Å². The maximum Gasteiger partial charge on any atom is 0.328 e. The highest BCUT2D eigenvalue weighted by Crippen LogP contribution is 2.26. The topological polar surface area (TPSA) is 84.5 Å². The van der Waals surface area contributed by atoms with Crippen molar-refractivity contribution in [3.05, 3.63) is 33.8 Å². The minimum atomic E-state index is -0.821. The van der Waals surface area contributed by atoms with E-state index in [9.17, 15) is 14.4 Å². The predicted octanol–water partition coefficient (Wildman–Crippen LogP) is 1.99. The molecule has 0 spiro atoms. The first-order valence-corrected chi connectivity index (χ1v) is 7.11. The molecule has 0 unspecified atom stereocenters. The number of hydrogen-bond acceptors (Lipinski definition) is 4. The van der Waals surface area contributed by atoms with E-state index in [-0.39, 0.29) is 5.57 Å². The van der Waals surface area contributed by atoms with Crippen LogP contribution in [0, 0.1) is 0 Å². The molecule has 1 saturated heterocycles. The highest BCUT2D eigenvalue weighted by atomic mass is 79.9. The van der Waals surface area contributed by atoms with E-state index in [2.05, 4.69) is 15.9 Å². The molecule has 1 aliphatic rings. The molecule has 2 N–H and O–H groups in total. The van der Waals surface area contributed by atoms with Crippen LogP contribution in [0.1, 0.15) is 18.9 Å². The number of benzene rings is 1. The summed E-state index contributed by atoms with van der Waals surface area (Å²) in [5, 5.41) is 4.05. The maximum absolute atomic E-state index is 11.7. The zero-order valence-corrected chi connectivity index (χ0v) is 12.8. The fourth-order valence-electron chi connectivity index (χ4n) is 1.74. The number of carbonyl (C=O) groups excluding carboxylic acids is 3. The van der Waals surface area contributed by atoms with Gasteiger partial charge in [-0.25, -0.2) is 4.79 Å². The van der Waals surface area contributed by atoms with E-state index in [0.717, 1.165) is 10.9 Å². The summed E-state index contributed by atoms with van der Waals surface area (Å²) in [6, 6.07) is 4.46. The van der Waals surface area contributed by atoms with E-state index in [1.165, 1.54) is 6.08 Å². The van der Waals surface area contributed by atoms with Gasteiger partial charge in [-0.3, -0.25) is 20.2 Å². The van der Waals surface area contributed by atoms with Gasteiger partial charge >= 0.3 is 6.03 Å². The fraction of sp³-hybridized carbons (Fsp3) is 0.214. The highest BCUT2D eigenvalue weighted by Gasteiger charge is 2.28. The third kappa shape index (κ3) is 3.69. The van der Waals surface area contributed by atoms with Gasteiger partial charge in [-0.2, -0.15) is 0 Å². The van der Waals surface area contributed by atoms with Crippen molar-refractivity contribution in [3.63, 3.8) is 0 Å². The summed E-state index contributed by atoms with van der Waals surface area (Å²) in [6.07, 6.45) is 2.23. The zero-order chi connectivity index (χ0) is 15.4. The number of hydrogen-bond donors (Lipinski definition) is 2. The van der Waals surface area contributed by atoms with Crippen molar-refractivity contribution in [1.82, 2.24) is 10.6 Å². The van der Waals surface area contributed by atoms with E-state index in [4.69, 9.17) is 4.74 Å². The minimum absolute atomic E-state index is 0.144. The van der Waals surface area contributed by atoms with Gasteiger partial charge in [0.1, 0.15) is 11.3 Å². The minimum Gasteiger partial charge on any atom is -0.493 e. The van der Waals surface area contributed by atoms with Crippen LogP contribution >= 0.6 is 15.9 Å². The van der Waals surface area contributed by atoms with Crippen molar-refractivity contribution in [2.24, 2.45) is 0 Å². The molecule has 0 bridgehead atoms. The van der Waals surface area contributed by atoms with Gasteiger partial charge in [-0.15, -0.1) is 0 Å². The Balaban J connectivity index is 2.38. The average Bonchev–Trinajstić information content (AvgIpc) is 2.42. The van der Waals surface area contributed by atoms with E-state index >= 15 is 0 Å². The van der Waals surface area contributed by atoms with Gasteiger partial charge in [0.05, 0.1) is 6.61 Å². The summed E-state index contributed by atoms with van der Waals surface area (Å²) in [4.78, 5) is 34.5. The Morgan fingerprint density at radius 3 is 2.48 bits per heavy atom. The second-order valence-electron chi connectivity index (χ2n) is 4.33. The highest BCUT2D eigenvalue weighted by molar-refractivity contribution is 9.10. The van der Waals surface area contributed by atoms with Crippen LogP contribution in [0.5, 0.6) is 5.75 Å². The molecule has 1 aromatic carbocycles. The summed E-state index contributed by atoms with van der Waals surface area (Å²) in [5.41, 5.74) is 0.432. The van der Waals surface area contributed by atoms with Crippen LogP contribution in [0.3, 0.4) is 0 Å². The first-order chi connectivity index (χ1) is 10.0. The Bertz CT molecular complexity index is 618. The second-order valence-corrected chi connectivity index (χ2v) is 5.24. The molecule has 4 amide bonds. The number of halogens is 1. The molecule has 0 aromatic heterocycles. The molecule has 0 radical (unpaired) electrons. The SMILES string of the molecule is CCCOc1ccc(Br)cc1C=C1C(=O)NC(=O)NC1=O. The Morgan fingerprint density at radius 1 is 1.19 bits per heavy atom. The summed E-state index contributed by atoms with van der Waals surface area (Å²) in [6.45, 7) is 2.50. The molecule has 7 heteroatoms. The molecule has 0 aliphatic carbocycles. The van der Waals surface area contributed by atoms with Crippen LogP contribution in [0.2, 0.25) is 0 Å². The summed E-state index contributed by atoms with van der Waals surface area (Å²) >= 11 is 3.33. The Kier molecular flexibility index (Phi) is 4.74. The molecule has 6 nitrogen and oxygen atoms in total. The number of imide groups is 2. The molecule has 21 heavy (non-hydrogen) atoms. The summed E-state index contributed by atoms with van der Waals surface area (Å²) < 4.78 is 6.36. The summed E-state index contributed by atoms with van der Waals surface area (Å²) in [5.74, 6) is -0.902. The third-order valence-electron chi connectivity index (χ3n) is 2.68. The number of barbiturate groups is 1. The number of ether oxygens (including phenoxy) is 1. The molecule has 1 aliphatic heterocycles. The Labute approximate surface area is 129 Å². The first-order valence-electron chi connectivity index (χ1n) is 6.32. The number of carbonyl (C=O) groups is 3. The lowest BCUT2D eigenvalue weighted by Crippen LogP contribution is -2.51. The number of urea groups is 1. The van der Waals surface area contributed by atoms with Crippen molar-refractivity contribution < 1.29 is 19.1 Å². The van der Waals surface area contributed by atoms with Gasteiger partial charge in [0.15, 0.2) is 0 Å². The molecule has 1 fully saturated rings. The molecular formula is C14H13BrN2O4. The van der Waals surface area contributed by atoms with Gasteiger partial charge in [0.25, 0.3) is 11.8 Å². The van der Waals surface area contributed by atoms with E-state index in [1.54, 1.807) is 18.2 Å². The quantitative estimate of drug-likeness (QED) is 0.641. The average molecular weight is 353 g/mol. The molecule has 1 heterocycles. The monoisotopic (exact) mass is 352 g/mol. The van der Waals surface area contributed by atoms with Gasteiger partial charge in [-0.05, 0) is 30.7 Å². The fourth-order valence-corrected chi connectivity index (χ4v) is 2.12. The summed E-state index contributed by atoms with van der Waals surface area (Å²) in [7, 11) is 0. The molecule has 0 atom stereocenters. The normalized spacial score (nSPS) is 14.6. The molecular weight excluding hydrogens is 340 g/mol. The van der Waals surface area contributed by atoms with Crippen molar-refractivity contribution >= 4 is 39.9 Å². The van der Waals surface area contributed by atoms with Crippen LogP contribution in [0.25, 0.3) is 6.08 Å². The molecule has 110 valence electrons. The van der Waals surface area contributed by atoms with Crippen LogP contribution in [-0.4, -0.2) is 24.5 Å². The van der Waals surface area contributed by atoms with Gasteiger partial charge in [-0.1, -0.05) is 22.9 Å². The number of amides is 4. The van der Waals surface area contributed by atoms with E-state index < -0.39 is 17.8 Å². The lowest BCUT2D eigenvalue weighted by atomic mass is 10.1. The Hall–Kier alpha value is -2.15. The maximum atomic E-state index is 11.7. The van der Waals surface area contributed by atoms with Crippen LogP contribution in [0.15, 0.2) is 28.2 Å².